The summed E-state index contributed by atoms with van der Waals surface area (Å²) < 4.78 is 0. The summed E-state index contributed by atoms with van der Waals surface area (Å²) >= 11 is 1.81. The molecule has 4 heteroatoms. The molecule has 2 rings (SSSR count). The Morgan fingerprint density at radius 3 is 2.86 bits per heavy atom. The number of aryl methyl sites for hydroxylation is 1. The smallest absolute Gasteiger partial charge is 0.266 e. The maximum atomic E-state index is 11.9. The van der Waals surface area contributed by atoms with Gasteiger partial charge in [-0.05, 0) is 42.9 Å². The zero-order chi connectivity index (χ0) is 15.2. The molecule has 0 spiro atoms. The topological polar surface area (TPSA) is 56.6 Å². The number of nitriles is 1. The first-order chi connectivity index (χ1) is 10.2. The first-order valence-electron chi connectivity index (χ1n) is 7.03. The van der Waals surface area contributed by atoms with Gasteiger partial charge in [0.15, 0.2) is 0 Å². The maximum Gasteiger partial charge on any atom is 0.266 e. The van der Waals surface area contributed by atoms with E-state index in [1.165, 1.54) is 17.7 Å². The number of unbranched alkanes of at least 4 members (excludes halogenated alkanes) is 1. The standard InChI is InChI=1S/C17H18N2OS/c1-3-4-8-21-14-7-5-6-13(10-14)15-9-12(2)19-17(20)16(15)11-18/h5-7,9-10H,3-4,8H2,1-2H3,(H,19,20). The number of benzene rings is 1. The number of nitrogens with zero attached hydrogens (tertiary/aromatic N) is 1. The molecule has 0 atom stereocenters. The highest BCUT2D eigenvalue weighted by Gasteiger charge is 2.10. The van der Waals surface area contributed by atoms with Gasteiger partial charge in [-0.2, -0.15) is 5.26 Å². The van der Waals surface area contributed by atoms with Gasteiger partial charge in [0.25, 0.3) is 5.56 Å². The second-order valence-electron chi connectivity index (χ2n) is 4.91. The molecule has 0 aliphatic carbocycles. The molecule has 0 saturated heterocycles. The molecular formula is C17H18N2OS. The third-order valence-corrected chi connectivity index (χ3v) is 4.27. The van der Waals surface area contributed by atoms with E-state index in [0.717, 1.165) is 17.0 Å². The van der Waals surface area contributed by atoms with E-state index in [9.17, 15) is 10.1 Å². The lowest BCUT2D eigenvalue weighted by Gasteiger charge is -2.07. The third-order valence-electron chi connectivity index (χ3n) is 3.19. The van der Waals surface area contributed by atoms with Gasteiger partial charge in [-0.15, -0.1) is 11.8 Å². The Labute approximate surface area is 129 Å². The number of H-pyrrole nitrogens is 1. The molecule has 2 aromatic rings. The van der Waals surface area contributed by atoms with Crippen LogP contribution in [0.15, 0.2) is 40.0 Å². The molecule has 0 radical (unpaired) electrons. The minimum Gasteiger partial charge on any atom is -0.325 e. The lowest BCUT2D eigenvalue weighted by molar-refractivity contribution is 0.896. The number of aromatic nitrogens is 1. The van der Waals surface area contributed by atoms with Gasteiger partial charge in [0.2, 0.25) is 0 Å². The van der Waals surface area contributed by atoms with Crippen molar-refractivity contribution >= 4 is 11.8 Å². The Morgan fingerprint density at radius 2 is 2.14 bits per heavy atom. The van der Waals surface area contributed by atoms with Crippen molar-refractivity contribution in [2.45, 2.75) is 31.6 Å². The Hall–Kier alpha value is -1.99. The summed E-state index contributed by atoms with van der Waals surface area (Å²) in [6.07, 6.45) is 2.36. The molecule has 1 heterocycles. The van der Waals surface area contributed by atoms with Crippen molar-refractivity contribution in [3.05, 3.63) is 51.9 Å². The van der Waals surface area contributed by atoms with Gasteiger partial charge >= 0.3 is 0 Å². The van der Waals surface area contributed by atoms with Crippen LogP contribution in [0.3, 0.4) is 0 Å². The van der Waals surface area contributed by atoms with Gasteiger partial charge in [0.05, 0.1) is 0 Å². The van der Waals surface area contributed by atoms with Crippen LogP contribution in [0.2, 0.25) is 0 Å². The molecule has 1 aromatic carbocycles. The molecule has 0 saturated carbocycles. The fraction of sp³-hybridized carbons (Fsp3) is 0.294. The van der Waals surface area contributed by atoms with Crippen molar-refractivity contribution < 1.29 is 0 Å². The highest BCUT2D eigenvalue weighted by molar-refractivity contribution is 7.99. The quantitative estimate of drug-likeness (QED) is 0.667. The minimum absolute atomic E-state index is 0.177. The van der Waals surface area contributed by atoms with Crippen molar-refractivity contribution in [3.8, 4) is 17.2 Å². The first kappa shape index (κ1) is 15.4. The van der Waals surface area contributed by atoms with E-state index in [2.05, 4.69) is 24.0 Å². The average molecular weight is 298 g/mol. The maximum absolute atomic E-state index is 11.9. The van der Waals surface area contributed by atoms with Crippen LogP contribution in [0.4, 0.5) is 0 Å². The highest BCUT2D eigenvalue weighted by Crippen LogP contribution is 2.27. The fourth-order valence-electron chi connectivity index (χ4n) is 2.12. The van der Waals surface area contributed by atoms with Crippen LogP contribution in [0.1, 0.15) is 31.0 Å². The van der Waals surface area contributed by atoms with E-state index in [4.69, 9.17) is 0 Å². The molecular weight excluding hydrogens is 280 g/mol. The van der Waals surface area contributed by atoms with Crippen molar-refractivity contribution in [2.75, 3.05) is 5.75 Å². The van der Waals surface area contributed by atoms with E-state index >= 15 is 0 Å². The predicted octanol–water partition coefficient (Wildman–Crippen LogP) is 4.11. The van der Waals surface area contributed by atoms with Crippen LogP contribution in [0.25, 0.3) is 11.1 Å². The lowest BCUT2D eigenvalue weighted by Crippen LogP contribution is -2.12. The second-order valence-corrected chi connectivity index (χ2v) is 6.08. The summed E-state index contributed by atoms with van der Waals surface area (Å²) in [7, 11) is 0. The number of pyridine rings is 1. The number of rotatable bonds is 5. The normalized spacial score (nSPS) is 10.3. The number of hydrogen-bond acceptors (Lipinski definition) is 3. The zero-order valence-corrected chi connectivity index (χ0v) is 13.1. The Kier molecular flexibility index (Phi) is 5.24. The second kappa shape index (κ2) is 7.14. The largest absolute Gasteiger partial charge is 0.325 e. The van der Waals surface area contributed by atoms with E-state index in [1.807, 2.05) is 31.2 Å². The zero-order valence-electron chi connectivity index (χ0n) is 12.3. The number of nitrogens with one attached hydrogen (secondary N) is 1. The fourth-order valence-corrected chi connectivity index (χ4v) is 3.17. The molecule has 0 aliphatic heterocycles. The van der Waals surface area contributed by atoms with Crippen LogP contribution in [-0.4, -0.2) is 10.7 Å². The lowest BCUT2D eigenvalue weighted by atomic mass is 10.0. The number of hydrogen-bond donors (Lipinski definition) is 1. The van der Waals surface area contributed by atoms with Crippen LogP contribution < -0.4 is 5.56 Å². The van der Waals surface area contributed by atoms with E-state index < -0.39 is 0 Å². The molecule has 3 nitrogen and oxygen atoms in total. The molecule has 0 unspecified atom stereocenters. The monoisotopic (exact) mass is 298 g/mol. The summed E-state index contributed by atoms with van der Waals surface area (Å²) in [5, 5.41) is 9.22. The number of aromatic amines is 1. The Bertz CT molecular complexity index is 728. The van der Waals surface area contributed by atoms with E-state index in [-0.39, 0.29) is 11.1 Å². The summed E-state index contributed by atoms with van der Waals surface area (Å²) in [4.78, 5) is 15.7. The SMILES string of the molecule is CCCCSc1cccc(-c2cc(C)[nH]c(=O)c2C#N)c1. The van der Waals surface area contributed by atoms with Crippen molar-refractivity contribution in [2.24, 2.45) is 0 Å². The van der Waals surface area contributed by atoms with Gasteiger partial charge < -0.3 is 4.98 Å². The summed E-state index contributed by atoms with van der Waals surface area (Å²) in [6.45, 7) is 4.00. The Balaban J connectivity index is 2.41. The van der Waals surface area contributed by atoms with Crippen LogP contribution in [0.5, 0.6) is 0 Å². The molecule has 1 N–H and O–H groups in total. The summed E-state index contributed by atoms with van der Waals surface area (Å²) in [5.41, 5.74) is 2.24. The Morgan fingerprint density at radius 1 is 1.33 bits per heavy atom. The molecule has 1 aromatic heterocycles. The molecule has 21 heavy (non-hydrogen) atoms. The summed E-state index contributed by atoms with van der Waals surface area (Å²) in [5.74, 6) is 1.08. The minimum atomic E-state index is -0.323. The van der Waals surface area contributed by atoms with Gasteiger partial charge in [-0.3, -0.25) is 4.79 Å². The summed E-state index contributed by atoms with van der Waals surface area (Å²) in [6, 6.07) is 11.9. The molecule has 0 bridgehead atoms. The van der Waals surface area contributed by atoms with Gasteiger partial charge in [-0.25, -0.2) is 0 Å². The highest BCUT2D eigenvalue weighted by atomic mass is 32.2. The van der Waals surface area contributed by atoms with Gasteiger partial charge in [-0.1, -0.05) is 25.5 Å². The molecule has 108 valence electrons. The van der Waals surface area contributed by atoms with Gasteiger partial charge in [0, 0.05) is 16.2 Å². The van der Waals surface area contributed by atoms with Crippen LogP contribution in [0, 0.1) is 18.3 Å². The van der Waals surface area contributed by atoms with E-state index in [1.54, 1.807) is 11.8 Å². The van der Waals surface area contributed by atoms with Crippen molar-refractivity contribution in [3.63, 3.8) is 0 Å². The third kappa shape index (κ3) is 3.77. The van der Waals surface area contributed by atoms with E-state index in [0.29, 0.717) is 5.56 Å². The first-order valence-corrected chi connectivity index (χ1v) is 8.01. The predicted molar refractivity (Wildman–Crippen MR) is 87.6 cm³/mol. The van der Waals surface area contributed by atoms with Crippen molar-refractivity contribution in [1.82, 2.24) is 4.98 Å². The van der Waals surface area contributed by atoms with Crippen LogP contribution >= 0.6 is 11.8 Å². The molecule has 0 fully saturated rings. The van der Waals surface area contributed by atoms with Crippen LogP contribution in [-0.2, 0) is 0 Å². The van der Waals surface area contributed by atoms with Gasteiger partial charge in [0.1, 0.15) is 11.6 Å². The molecule has 0 amide bonds. The average Bonchev–Trinajstić information content (AvgIpc) is 2.47. The molecule has 0 aliphatic rings. The van der Waals surface area contributed by atoms with Crippen molar-refractivity contribution in [1.29, 1.82) is 5.26 Å². The number of thioether (sulfide) groups is 1.